The maximum Gasteiger partial charge on any atom is 0.227 e. The normalized spacial score (nSPS) is 12.4. The van der Waals surface area contributed by atoms with Crippen molar-refractivity contribution < 1.29 is 4.52 Å². The van der Waals surface area contributed by atoms with Gasteiger partial charge in [-0.05, 0) is 12.0 Å². The van der Waals surface area contributed by atoms with E-state index in [1.165, 1.54) is 11.3 Å². The second kappa shape index (κ2) is 5.94. The lowest BCUT2D eigenvalue weighted by Gasteiger charge is -2.09. The summed E-state index contributed by atoms with van der Waals surface area (Å²) in [6, 6.07) is 10.0. The zero-order chi connectivity index (χ0) is 13.8. The van der Waals surface area contributed by atoms with Gasteiger partial charge in [0.05, 0.1) is 10.4 Å². The molecule has 102 valence electrons. The van der Waals surface area contributed by atoms with E-state index in [0.29, 0.717) is 18.1 Å². The molecule has 3 aromatic rings. The van der Waals surface area contributed by atoms with Crippen molar-refractivity contribution >= 4 is 11.3 Å². The third-order valence-electron chi connectivity index (χ3n) is 3.02. The topological polar surface area (TPSA) is 77.8 Å². The highest BCUT2D eigenvalue weighted by molar-refractivity contribution is 7.13. The van der Waals surface area contributed by atoms with Gasteiger partial charge >= 0.3 is 0 Å². The van der Waals surface area contributed by atoms with Crippen LogP contribution in [0.5, 0.6) is 0 Å². The van der Waals surface area contributed by atoms with E-state index in [-0.39, 0.29) is 6.04 Å². The summed E-state index contributed by atoms with van der Waals surface area (Å²) in [5, 5.41) is 3.95. The summed E-state index contributed by atoms with van der Waals surface area (Å²) in [7, 11) is 0. The number of rotatable bonds is 5. The number of nitrogens with zero attached hydrogens (tertiary/aromatic N) is 3. The largest absolute Gasteiger partial charge is 0.339 e. The monoisotopic (exact) mass is 286 g/mol. The minimum absolute atomic E-state index is 0.0186. The zero-order valence-electron chi connectivity index (χ0n) is 10.8. The summed E-state index contributed by atoms with van der Waals surface area (Å²) >= 11 is 1.49. The maximum absolute atomic E-state index is 6.15. The first kappa shape index (κ1) is 13.0. The molecular weight excluding hydrogens is 272 g/mol. The number of aromatic nitrogens is 3. The first-order chi connectivity index (χ1) is 9.83. The van der Waals surface area contributed by atoms with Crippen LogP contribution in [0.4, 0.5) is 0 Å². The highest BCUT2D eigenvalue weighted by Gasteiger charge is 2.12. The molecule has 6 heteroatoms. The SMILES string of the molecule is NC(CCc1nc(-c2cncs2)no1)c1ccccc1. The Morgan fingerprint density at radius 2 is 2.10 bits per heavy atom. The van der Waals surface area contributed by atoms with Crippen molar-refractivity contribution in [2.45, 2.75) is 18.9 Å². The average Bonchev–Trinajstić information content (AvgIpc) is 3.16. The quantitative estimate of drug-likeness (QED) is 0.780. The molecule has 1 atom stereocenters. The zero-order valence-corrected chi connectivity index (χ0v) is 11.6. The number of benzene rings is 1. The molecule has 0 aliphatic heterocycles. The lowest BCUT2D eigenvalue weighted by molar-refractivity contribution is 0.372. The van der Waals surface area contributed by atoms with Crippen LogP contribution in [0.2, 0.25) is 0 Å². The predicted octanol–water partition coefficient (Wildman–Crippen LogP) is 2.83. The predicted molar refractivity (Wildman–Crippen MR) is 77.1 cm³/mol. The summed E-state index contributed by atoms with van der Waals surface area (Å²) < 4.78 is 5.24. The fraction of sp³-hybridized carbons (Fsp3) is 0.214. The smallest absolute Gasteiger partial charge is 0.227 e. The van der Waals surface area contributed by atoms with E-state index < -0.39 is 0 Å². The molecule has 0 aliphatic carbocycles. The molecule has 2 heterocycles. The van der Waals surface area contributed by atoms with Gasteiger partial charge in [-0.2, -0.15) is 4.98 Å². The molecule has 5 nitrogen and oxygen atoms in total. The second-order valence-electron chi connectivity index (χ2n) is 4.43. The van der Waals surface area contributed by atoms with Gasteiger partial charge in [0.1, 0.15) is 0 Å². The Morgan fingerprint density at radius 3 is 2.85 bits per heavy atom. The molecule has 0 saturated heterocycles. The second-order valence-corrected chi connectivity index (χ2v) is 5.32. The van der Waals surface area contributed by atoms with Crippen LogP contribution in [0.15, 0.2) is 46.6 Å². The number of aryl methyl sites for hydroxylation is 1. The third kappa shape index (κ3) is 2.92. The van der Waals surface area contributed by atoms with E-state index in [0.717, 1.165) is 16.9 Å². The molecule has 20 heavy (non-hydrogen) atoms. The van der Waals surface area contributed by atoms with Gasteiger partial charge in [0, 0.05) is 18.7 Å². The van der Waals surface area contributed by atoms with Crippen LogP contribution in [0.1, 0.15) is 23.9 Å². The van der Waals surface area contributed by atoms with Gasteiger partial charge in [-0.3, -0.25) is 4.98 Å². The fourth-order valence-corrected chi connectivity index (χ4v) is 2.47. The van der Waals surface area contributed by atoms with Crippen molar-refractivity contribution in [1.82, 2.24) is 15.1 Å². The molecule has 0 spiro atoms. The van der Waals surface area contributed by atoms with Gasteiger partial charge < -0.3 is 10.3 Å². The number of hydrogen-bond donors (Lipinski definition) is 1. The van der Waals surface area contributed by atoms with E-state index >= 15 is 0 Å². The van der Waals surface area contributed by atoms with Gasteiger partial charge in [0.25, 0.3) is 0 Å². The molecule has 2 aromatic heterocycles. The van der Waals surface area contributed by atoms with Gasteiger partial charge in [-0.15, -0.1) is 11.3 Å². The maximum atomic E-state index is 6.15. The van der Waals surface area contributed by atoms with Crippen molar-refractivity contribution in [3.8, 4) is 10.7 Å². The highest BCUT2D eigenvalue weighted by Crippen LogP contribution is 2.21. The molecule has 3 rings (SSSR count). The lowest BCUT2D eigenvalue weighted by atomic mass is 10.0. The molecule has 0 saturated carbocycles. The molecule has 0 aliphatic rings. The Hall–Kier alpha value is -2.05. The summed E-state index contributed by atoms with van der Waals surface area (Å²) in [6.45, 7) is 0. The van der Waals surface area contributed by atoms with Crippen LogP contribution in [0.3, 0.4) is 0 Å². The van der Waals surface area contributed by atoms with Crippen LogP contribution in [-0.2, 0) is 6.42 Å². The minimum atomic E-state index is -0.0186. The molecule has 1 unspecified atom stereocenters. The van der Waals surface area contributed by atoms with Crippen LogP contribution in [-0.4, -0.2) is 15.1 Å². The Morgan fingerprint density at radius 1 is 1.25 bits per heavy atom. The molecule has 0 amide bonds. The third-order valence-corrected chi connectivity index (χ3v) is 3.79. The Labute approximate surface area is 120 Å². The van der Waals surface area contributed by atoms with Gasteiger partial charge in [0.15, 0.2) is 0 Å². The Balaban J connectivity index is 1.62. The average molecular weight is 286 g/mol. The molecule has 0 fully saturated rings. The van der Waals surface area contributed by atoms with Crippen molar-refractivity contribution in [2.24, 2.45) is 5.73 Å². The van der Waals surface area contributed by atoms with E-state index in [2.05, 4.69) is 15.1 Å². The van der Waals surface area contributed by atoms with Gasteiger partial charge in [0.2, 0.25) is 11.7 Å². The van der Waals surface area contributed by atoms with Crippen LogP contribution >= 0.6 is 11.3 Å². The number of nitrogens with two attached hydrogens (primary N) is 1. The van der Waals surface area contributed by atoms with Gasteiger partial charge in [-0.1, -0.05) is 35.5 Å². The van der Waals surface area contributed by atoms with Crippen LogP contribution in [0.25, 0.3) is 10.7 Å². The van der Waals surface area contributed by atoms with Crippen molar-refractivity contribution in [3.63, 3.8) is 0 Å². The molecule has 0 bridgehead atoms. The Bertz CT molecular complexity index is 651. The summed E-state index contributed by atoms with van der Waals surface area (Å²) in [5.74, 6) is 1.20. The standard InChI is InChI=1S/C14H14N4OS/c15-11(10-4-2-1-3-5-10)6-7-13-17-14(18-19-13)12-8-16-9-20-12/h1-5,8-9,11H,6-7,15H2. The van der Waals surface area contributed by atoms with Crippen LogP contribution < -0.4 is 5.73 Å². The fourth-order valence-electron chi connectivity index (χ4n) is 1.93. The summed E-state index contributed by atoms with van der Waals surface area (Å²) in [4.78, 5) is 9.26. The minimum Gasteiger partial charge on any atom is -0.339 e. The number of hydrogen-bond acceptors (Lipinski definition) is 6. The van der Waals surface area contributed by atoms with Gasteiger partial charge in [-0.25, -0.2) is 0 Å². The highest BCUT2D eigenvalue weighted by atomic mass is 32.1. The van der Waals surface area contributed by atoms with Crippen molar-refractivity contribution in [3.05, 3.63) is 53.5 Å². The van der Waals surface area contributed by atoms with Crippen molar-refractivity contribution in [1.29, 1.82) is 0 Å². The van der Waals surface area contributed by atoms with E-state index in [4.69, 9.17) is 10.3 Å². The lowest BCUT2D eigenvalue weighted by Crippen LogP contribution is -2.11. The van der Waals surface area contributed by atoms with Crippen molar-refractivity contribution in [2.75, 3.05) is 0 Å². The first-order valence-corrected chi connectivity index (χ1v) is 7.23. The van der Waals surface area contributed by atoms with Crippen LogP contribution in [0, 0.1) is 0 Å². The number of thiazole rings is 1. The Kier molecular flexibility index (Phi) is 3.85. The first-order valence-electron chi connectivity index (χ1n) is 6.35. The molecule has 1 aromatic carbocycles. The van der Waals surface area contributed by atoms with E-state index in [1.807, 2.05) is 30.3 Å². The summed E-state index contributed by atoms with van der Waals surface area (Å²) in [5.41, 5.74) is 9.01. The van der Waals surface area contributed by atoms with E-state index in [1.54, 1.807) is 11.7 Å². The van der Waals surface area contributed by atoms with E-state index in [9.17, 15) is 0 Å². The molecule has 0 radical (unpaired) electrons. The molecule has 2 N–H and O–H groups in total. The molecular formula is C14H14N4OS. The summed E-state index contributed by atoms with van der Waals surface area (Å²) in [6.07, 6.45) is 3.17.